The Balaban J connectivity index is 1.71. The second kappa shape index (κ2) is 12.5. The number of rotatable bonds is 10. The van der Waals surface area contributed by atoms with Crippen LogP contribution in [0.4, 0.5) is 5.69 Å². The lowest BCUT2D eigenvalue weighted by atomic mass is 9.70. The summed E-state index contributed by atoms with van der Waals surface area (Å²) in [5.74, 6) is -0.204. The Morgan fingerprint density at radius 2 is 2.05 bits per heavy atom. The summed E-state index contributed by atoms with van der Waals surface area (Å²) in [6.07, 6.45) is 6.59. The number of carbonyl (C=O) groups is 1. The van der Waals surface area contributed by atoms with E-state index >= 15 is 0 Å². The zero-order valence-electron chi connectivity index (χ0n) is 23.9. The molecule has 0 bridgehead atoms. The van der Waals surface area contributed by atoms with Gasteiger partial charge in [-0.3, -0.25) is 4.79 Å². The van der Waals surface area contributed by atoms with Gasteiger partial charge in [-0.25, -0.2) is 13.1 Å². The van der Waals surface area contributed by atoms with Crippen molar-refractivity contribution in [1.82, 2.24) is 4.72 Å². The van der Waals surface area contributed by atoms with Crippen molar-refractivity contribution in [3.63, 3.8) is 0 Å². The molecular weight excluding hydrogens is 548 g/mol. The van der Waals surface area contributed by atoms with Crippen LogP contribution in [0.1, 0.15) is 74.4 Å². The van der Waals surface area contributed by atoms with Crippen LogP contribution in [-0.4, -0.2) is 46.1 Å². The van der Waals surface area contributed by atoms with Gasteiger partial charge in [-0.2, -0.15) is 0 Å². The first-order chi connectivity index (χ1) is 19.0. The highest BCUT2D eigenvalue weighted by atomic mass is 35.5. The molecule has 4 rings (SSSR count). The number of carbonyl (C=O) groups excluding carboxylic acids is 1. The molecule has 1 N–H and O–H groups in total. The number of anilines is 1. The van der Waals surface area contributed by atoms with E-state index in [0.717, 1.165) is 42.8 Å². The van der Waals surface area contributed by atoms with Crippen molar-refractivity contribution in [3.8, 4) is 5.75 Å². The summed E-state index contributed by atoms with van der Waals surface area (Å²) in [5, 5.41) is -0.0256. The zero-order valence-corrected chi connectivity index (χ0v) is 25.5. The first-order valence-corrected chi connectivity index (χ1v) is 16.0. The standard InChI is InChI=1S/C31H41ClN2O5S/c1-6-9-21(3)22(4)40(36,37)33-30(35)24-12-15-28-27(18-24)34(29(38-5)10-7-2)19-31(20-39-28)16-8-11-23-17-25(32)13-14-26(23)31/h6,12-15,17-18,21-22,29H,1,7-11,16,19-20H2,2-5H3,(H,33,35)/t21-,22+,29?,31-/m0/s1. The number of nitrogens with one attached hydrogen (secondary N) is 1. The molecule has 0 saturated carbocycles. The third kappa shape index (κ3) is 6.19. The highest BCUT2D eigenvalue weighted by molar-refractivity contribution is 7.90. The Kier molecular flexibility index (Phi) is 9.53. The molecule has 1 spiro atoms. The molecule has 0 saturated heterocycles. The Bertz CT molecular complexity index is 1350. The van der Waals surface area contributed by atoms with Gasteiger partial charge in [-0.05, 0) is 86.4 Å². The molecule has 40 heavy (non-hydrogen) atoms. The molecule has 2 aromatic carbocycles. The normalized spacial score (nSPS) is 20.9. The molecule has 4 atom stereocenters. The Morgan fingerprint density at radius 1 is 1.27 bits per heavy atom. The van der Waals surface area contributed by atoms with Gasteiger partial charge >= 0.3 is 0 Å². The Hall–Kier alpha value is -2.55. The number of nitrogens with zero attached hydrogens (tertiary/aromatic N) is 1. The number of hydrogen-bond donors (Lipinski definition) is 1. The van der Waals surface area contributed by atoms with E-state index in [0.29, 0.717) is 25.3 Å². The third-order valence-electron chi connectivity index (χ3n) is 8.47. The average Bonchev–Trinajstić information content (AvgIpc) is 3.08. The zero-order chi connectivity index (χ0) is 29.1. The van der Waals surface area contributed by atoms with Gasteiger partial charge in [0.2, 0.25) is 10.0 Å². The first kappa shape index (κ1) is 30.4. The Labute approximate surface area is 243 Å². The van der Waals surface area contributed by atoms with Crippen LogP contribution in [0.5, 0.6) is 5.75 Å². The molecule has 7 nitrogen and oxygen atoms in total. The predicted octanol–water partition coefficient (Wildman–Crippen LogP) is 6.25. The summed E-state index contributed by atoms with van der Waals surface area (Å²) in [6.45, 7) is 10.4. The van der Waals surface area contributed by atoms with Crippen molar-refractivity contribution in [2.24, 2.45) is 5.92 Å². The molecule has 1 unspecified atom stereocenters. The molecule has 1 heterocycles. The van der Waals surface area contributed by atoms with E-state index in [1.807, 2.05) is 13.0 Å². The molecule has 1 aliphatic carbocycles. The largest absolute Gasteiger partial charge is 0.490 e. The number of allylic oxidation sites excluding steroid dienone is 1. The molecule has 1 aliphatic heterocycles. The van der Waals surface area contributed by atoms with Gasteiger partial charge in [0.25, 0.3) is 5.91 Å². The van der Waals surface area contributed by atoms with Gasteiger partial charge in [-0.1, -0.05) is 44.0 Å². The lowest BCUT2D eigenvalue weighted by Gasteiger charge is -2.42. The van der Waals surface area contributed by atoms with E-state index in [1.54, 1.807) is 38.3 Å². The smallest absolute Gasteiger partial charge is 0.264 e. The van der Waals surface area contributed by atoms with Crippen LogP contribution in [0.3, 0.4) is 0 Å². The van der Waals surface area contributed by atoms with E-state index in [-0.39, 0.29) is 23.1 Å². The number of methoxy groups -OCH3 is 1. The number of amides is 1. The maximum absolute atomic E-state index is 13.3. The van der Waals surface area contributed by atoms with Crippen LogP contribution in [0.2, 0.25) is 5.02 Å². The minimum absolute atomic E-state index is 0.181. The minimum atomic E-state index is -3.89. The fourth-order valence-electron chi connectivity index (χ4n) is 5.98. The molecule has 0 fully saturated rings. The van der Waals surface area contributed by atoms with E-state index in [4.69, 9.17) is 21.1 Å². The van der Waals surface area contributed by atoms with Crippen molar-refractivity contribution in [2.45, 2.75) is 76.2 Å². The van der Waals surface area contributed by atoms with E-state index in [9.17, 15) is 13.2 Å². The Morgan fingerprint density at radius 3 is 2.75 bits per heavy atom. The molecule has 2 aliphatic rings. The number of ether oxygens (including phenoxy) is 2. The average molecular weight is 589 g/mol. The lowest BCUT2D eigenvalue weighted by molar-refractivity contribution is 0.0843. The monoisotopic (exact) mass is 588 g/mol. The van der Waals surface area contributed by atoms with Crippen LogP contribution in [0.15, 0.2) is 49.1 Å². The lowest BCUT2D eigenvalue weighted by Crippen LogP contribution is -2.49. The summed E-state index contributed by atoms with van der Waals surface area (Å²) in [7, 11) is -2.19. The van der Waals surface area contributed by atoms with E-state index in [2.05, 4.69) is 35.3 Å². The number of benzene rings is 2. The molecule has 218 valence electrons. The number of aryl methyl sites for hydroxylation is 1. The molecule has 2 aromatic rings. The first-order valence-electron chi connectivity index (χ1n) is 14.1. The molecule has 0 aromatic heterocycles. The molecule has 1 amide bonds. The highest BCUT2D eigenvalue weighted by Crippen LogP contribution is 2.45. The number of fused-ring (bicyclic) bond motifs is 3. The van der Waals surface area contributed by atoms with Gasteiger partial charge in [0.15, 0.2) is 0 Å². The second-order valence-electron chi connectivity index (χ2n) is 11.2. The topological polar surface area (TPSA) is 84.9 Å². The number of halogens is 1. The van der Waals surface area contributed by atoms with Crippen molar-refractivity contribution in [3.05, 3.63) is 70.8 Å². The fourth-order valence-corrected chi connectivity index (χ4v) is 7.46. The number of sulfonamides is 1. The fraction of sp³-hybridized carbons (Fsp3) is 0.516. The highest BCUT2D eigenvalue weighted by Gasteiger charge is 2.43. The summed E-state index contributed by atoms with van der Waals surface area (Å²) in [5.41, 5.74) is 3.15. The maximum Gasteiger partial charge on any atom is 0.264 e. The van der Waals surface area contributed by atoms with Crippen LogP contribution in [-0.2, 0) is 26.6 Å². The van der Waals surface area contributed by atoms with Crippen LogP contribution in [0.25, 0.3) is 0 Å². The number of hydrogen-bond acceptors (Lipinski definition) is 6. The van der Waals surface area contributed by atoms with Gasteiger partial charge in [0, 0.05) is 29.7 Å². The van der Waals surface area contributed by atoms with Crippen molar-refractivity contribution in [1.29, 1.82) is 0 Å². The van der Waals surface area contributed by atoms with Gasteiger partial charge in [0.1, 0.15) is 12.0 Å². The molecule has 9 heteroatoms. The van der Waals surface area contributed by atoms with Gasteiger partial charge < -0.3 is 14.4 Å². The summed E-state index contributed by atoms with van der Waals surface area (Å²) in [6, 6.07) is 11.2. The quantitative estimate of drug-likeness (QED) is 0.330. The second-order valence-corrected chi connectivity index (χ2v) is 13.7. The summed E-state index contributed by atoms with van der Waals surface area (Å²) < 4.78 is 40.7. The molecular formula is C31H41ClN2O5S. The maximum atomic E-state index is 13.3. The summed E-state index contributed by atoms with van der Waals surface area (Å²) in [4.78, 5) is 15.5. The van der Waals surface area contributed by atoms with E-state index in [1.165, 1.54) is 11.1 Å². The van der Waals surface area contributed by atoms with Crippen molar-refractivity contribution < 1.29 is 22.7 Å². The SMILES string of the molecule is C=CC[C@H](C)[C@@H](C)S(=O)(=O)NC(=O)c1ccc2c(c1)N(C(CCC)OC)C[C@@]1(CCCc3cc(Cl)ccc31)CO2. The van der Waals surface area contributed by atoms with Crippen LogP contribution < -0.4 is 14.4 Å². The van der Waals surface area contributed by atoms with Crippen LogP contribution in [0, 0.1) is 5.92 Å². The van der Waals surface area contributed by atoms with E-state index < -0.39 is 21.2 Å². The third-order valence-corrected chi connectivity index (χ3v) is 10.6. The predicted molar refractivity (Wildman–Crippen MR) is 161 cm³/mol. The van der Waals surface area contributed by atoms with Crippen LogP contribution >= 0.6 is 11.6 Å². The molecule has 0 radical (unpaired) electrons. The van der Waals surface area contributed by atoms with Crippen molar-refractivity contribution in [2.75, 3.05) is 25.2 Å². The summed E-state index contributed by atoms with van der Waals surface area (Å²) >= 11 is 6.35. The minimum Gasteiger partial charge on any atom is -0.490 e. The van der Waals surface area contributed by atoms with Crippen molar-refractivity contribution >= 4 is 33.2 Å². The van der Waals surface area contributed by atoms with Gasteiger partial charge in [-0.15, -0.1) is 6.58 Å². The van der Waals surface area contributed by atoms with Gasteiger partial charge in [0.05, 0.1) is 17.5 Å².